The van der Waals surface area contributed by atoms with E-state index in [1.165, 1.54) is 0 Å². The highest BCUT2D eigenvalue weighted by molar-refractivity contribution is 5.77. The standard InChI is InChI=1S/C10H11N3/c11-8-3-1-2-7(4-8)9-5-13-6-10(9)12/h1-6,13H,11-12H2. The van der Waals surface area contributed by atoms with Crippen molar-refractivity contribution < 1.29 is 0 Å². The van der Waals surface area contributed by atoms with Crippen molar-refractivity contribution in [1.82, 2.24) is 4.98 Å². The van der Waals surface area contributed by atoms with Crippen LogP contribution in [-0.4, -0.2) is 4.98 Å². The summed E-state index contributed by atoms with van der Waals surface area (Å²) in [6.07, 6.45) is 3.63. The van der Waals surface area contributed by atoms with E-state index >= 15 is 0 Å². The van der Waals surface area contributed by atoms with Gasteiger partial charge in [0.25, 0.3) is 0 Å². The van der Waals surface area contributed by atoms with Crippen LogP contribution in [0.5, 0.6) is 0 Å². The first-order valence-electron chi connectivity index (χ1n) is 4.05. The highest BCUT2D eigenvalue weighted by Gasteiger charge is 2.02. The van der Waals surface area contributed by atoms with E-state index in [9.17, 15) is 0 Å². The van der Waals surface area contributed by atoms with Crippen molar-refractivity contribution in [2.75, 3.05) is 11.5 Å². The number of H-pyrrole nitrogens is 1. The second kappa shape index (κ2) is 2.86. The molecular weight excluding hydrogens is 162 g/mol. The van der Waals surface area contributed by atoms with Gasteiger partial charge >= 0.3 is 0 Å². The maximum Gasteiger partial charge on any atom is 0.0571 e. The Balaban J connectivity index is 2.53. The maximum absolute atomic E-state index is 5.75. The normalized spacial score (nSPS) is 10.2. The van der Waals surface area contributed by atoms with Crippen molar-refractivity contribution in [1.29, 1.82) is 0 Å². The fraction of sp³-hybridized carbons (Fsp3) is 0. The molecule has 0 aliphatic heterocycles. The topological polar surface area (TPSA) is 67.8 Å². The molecule has 3 nitrogen and oxygen atoms in total. The predicted octanol–water partition coefficient (Wildman–Crippen LogP) is 1.85. The Kier molecular flexibility index (Phi) is 1.70. The Morgan fingerprint density at radius 2 is 1.92 bits per heavy atom. The summed E-state index contributed by atoms with van der Waals surface area (Å²) < 4.78 is 0. The van der Waals surface area contributed by atoms with Gasteiger partial charge in [-0.2, -0.15) is 0 Å². The molecule has 2 rings (SSSR count). The number of hydrogen-bond acceptors (Lipinski definition) is 2. The Labute approximate surface area is 76.4 Å². The SMILES string of the molecule is Nc1cccc(-c2c[nH]cc2N)c1. The van der Waals surface area contributed by atoms with Gasteiger partial charge in [0.2, 0.25) is 0 Å². The summed E-state index contributed by atoms with van der Waals surface area (Å²) >= 11 is 0. The van der Waals surface area contributed by atoms with Crippen molar-refractivity contribution in [2.45, 2.75) is 0 Å². The molecule has 0 unspecified atom stereocenters. The lowest BCUT2D eigenvalue weighted by Gasteiger charge is -2.00. The van der Waals surface area contributed by atoms with Crippen molar-refractivity contribution in [3.63, 3.8) is 0 Å². The predicted molar refractivity (Wildman–Crippen MR) is 55.1 cm³/mol. The first-order chi connectivity index (χ1) is 6.27. The van der Waals surface area contributed by atoms with Crippen molar-refractivity contribution in [3.8, 4) is 11.1 Å². The van der Waals surface area contributed by atoms with Crippen LogP contribution in [0.3, 0.4) is 0 Å². The van der Waals surface area contributed by atoms with Gasteiger partial charge < -0.3 is 16.5 Å². The zero-order valence-electron chi connectivity index (χ0n) is 7.12. The third-order valence-electron chi connectivity index (χ3n) is 1.98. The van der Waals surface area contributed by atoms with Gasteiger partial charge in [0.05, 0.1) is 5.69 Å². The molecule has 1 heterocycles. The third kappa shape index (κ3) is 1.36. The zero-order valence-corrected chi connectivity index (χ0v) is 7.12. The summed E-state index contributed by atoms with van der Waals surface area (Å²) in [5.74, 6) is 0. The van der Waals surface area contributed by atoms with Crippen LogP contribution in [0.25, 0.3) is 11.1 Å². The van der Waals surface area contributed by atoms with E-state index in [2.05, 4.69) is 4.98 Å². The number of hydrogen-bond donors (Lipinski definition) is 3. The van der Waals surface area contributed by atoms with Gasteiger partial charge in [0.15, 0.2) is 0 Å². The molecule has 0 bridgehead atoms. The largest absolute Gasteiger partial charge is 0.399 e. The number of benzene rings is 1. The number of anilines is 2. The van der Waals surface area contributed by atoms with E-state index in [1.54, 1.807) is 6.20 Å². The van der Waals surface area contributed by atoms with Gasteiger partial charge in [-0.1, -0.05) is 12.1 Å². The van der Waals surface area contributed by atoms with Crippen molar-refractivity contribution in [2.24, 2.45) is 0 Å². The average molecular weight is 173 g/mol. The van der Waals surface area contributed by atoms with Gasteiger partial charge in [-0.25, -0.2) is 0 Å². The van der Waals surface area contributed by atoms with Gasteiger partial charge in [-0.3, -0.25) is 0 Å². The quantitative estimate of drug-likeness (QED) is 0.576. The lowest BCUT2D eigenvalue weighted by Crippen LogP contribution is -1.87. The van der Waals surface area contributed by atoms with Crippen LogP contribution < -0.4 is 11.5 Å². The summed E-state index contributed by atoms with van der Waals surface area (Å²) in [5.41, 5.74) is 14.9. The third-order valence-corrected chi connectivity index (χ3v) is 1.98. The van der Waals surface area contributed by atoms with Gasteiger partial charge in [-0.05, 0) is 17.7 Å². The molecule has 13 heavy (non-hydrogen) atoms. The van der Waals surface area contributed by atoms with Crippen LogP contribution in [0, 0.1) is 0 Å². The van der Waals surface area contributed by atoms with Gasteiger partial charge in [-0.15, -0.1) is 0 Å². The fourth-order valence-electron chi connectivity index (χ4n) is 1.33. The number of nitrogens with one attached hydrogen (secondary N) is 1. The van der Waals surface area contributed by atoms with E-state index in [0.717, 1.165) is 22.5 Å². The Morgan fingerprint density at radius 1 is 1.08 bits per heavy atom. The monoisotopic (exact) mass is 173 g/mol. The van der Waals surface area contributed by atoms with Crippen molar-refractivity contribution in [3.05, 3.63) is 36.7 Å². The van der Waals surface area contributed by atoms with E-state index in [4.69, 9.17) is 11.5 Å². The highest BCUT2D eigenvalue weighted by atomic mass is 14.7. The molecule has 3 heteroatoms. The minimum Gasteiger partial charge on any atom is -0.399 e. The fourth-order valence-corrected chi connectivity index (χ4v) is 1.33. The second-order valence-corrected chi connectivity index (χ2v) is 2.95. The molecule has 0 saturated heterocycles. The minimum atomic E-state index is 0.741. The lowest BCUT2D eigenvalue weighted by molar-refractivity contribution is 1.41. The van der Waals surface area contributed by atoms with Gasteiger partial charge in [0, 0.05) is 23.6 Å². The summed E-state index contributed by atoms with van der Waals surface area (Å²) in [4.78, 5) is 2.95. The number of aromatic amines is 1. The molecule has 0 spiro atoms. The number of aromatic nitrogens is 1. The molecule has 1 aromatic carbocycles. The number of nitrogen functional groups attached to an aromatic ring is 2. The van der Waals surface area contributed by atoms with E-state index in [-0.39, 0.29) is 0 Å². The zero-order chi connectivity index (χ0) is 9.26. The van der Waals surface area contributed by atoms with Crippen LogP contribution in [0.4, 0.5) is 11.4 Å². The maximum atomic E-state index is 5.75. The summed E-state index contributed by atoms with van der Waals surface area (Å²) in [7, 11) is 0. The molecule has 0 atom stereocenters. The molecule has 2 aromatic rings. The summed E-state index contributed by atoms with van der Waals surface area (Å²) in [6, 6.07) is 7.65. The summed E-state index contributed by atoms with van der Waals surface area (Å²) in [6.45, 7) is 0. The molecule has 0 amide bonds. The molecule has 66 valence electrons. The van der Waals surface area contributed by atoms with Crippen LogP contribution in [0.15, 0.2) is 36.7 Å². The van der Waals surface area contributed by atoms with E-state index in [1.807, 2.05) is 30.5 Å². The van der Waals surface area contributed by atoms with Crippen molar-refractivity contribution >= 4 is 11.4 Å². The minimum absolute atomic E-state index is 0.741. The smallest absolute Gasteiger partial charge is 0.0571 e. The number of nitrogens with two attached hydrogens (primary N) is 2. The first kappa shape index (κ1) is 7.73. The van der Waals surface area contributed by atoms with E-state index < -0.39 is 0 Å². The summed E-state index contributed by atoms with van der Waals surface area (Å²) in [5, 5.41) is 0. The lowest BCUT2D eigenvalue weighted by atomic mass is 10.1. The Bertz CT molecular complexity index is 418. The molecule has 1 aromatic heterocycles. The number of rotatable bonds is 1. The van der Waals surface area contributed by atoms with Crippen LogP contribution in [-0.2, 0) is 0 Å². The van der Waals surface area contributed by atoms with Crippen LogP contribution in [0.1, 0.15) is 0 Å². The first-order valence-corrected chi connectivity index (χ1v) is 4.05. The molecular formula is C10H11N3. The molecule has 0 aliphatic rings. The Hall–Kier alpha value is -1.90. The molecule has 0 saturated carbocycles. The second-order valence-electron chi connectivity index (χ2n) is 2.95. The molecule has 0 aliphatic carbocycles. The average Bonchev–Trinajstić information content (AvgIpc) is 2.51. The van der Waals surface area contributed by atoms with E-state index in [0.29, 0.717) is 0 Å². The molecule has 0 fully saturated rings. The van der Waals surface area contributed by atoms with Crippen LogP contribution in [0.2, 0.25) is 0 Å². The van der Waals surface area contributed by atoms with Crippen LogP contribution >= 0.6 is 0 Å². The van der Waals surface area contributed by atoms with Gasteiger partial charge in [0.1, 0.15) is 0 Å². The highest BCUT2D eigenvalue weighted by Crippen LogP contribution is 2.26. The molecule has 0 radical (unpaired) electrons. The molecule has 5 N–H and O–H groups in total. The Morgan fingerprint density at radius 3 is 2.54 bits per heavy atom.